The third-order valence-corrected chi connectivity index (χ3v) is 4.13. The minimum Gasteiger partial charge on any atom is -0.496 e. The van der Waals surface area contributed by atoms with Crippen LogP contribution in [0.15, 0.2) is 42.5 Å². The molecule has 0 aliphatic carbocycles. The second-order valence-corrected chi connectivity index (χ2v) is 5.91. The molecule has 1 aliphatic heterocycles. The van der Waals surface area contributed by atoms with Crippen molar-refractivity contribution >= 4 is 17.6 Å². The average molecular weight is 341 g/mol. The number of benzene rings is 2. The zero-order chi connectivity index (χ0) is 18.0. The summed E-state index contributed by atoms with van der Waals surface area (Å²) in [6.45, 7) is 1.91. The van der Waals surface area contributed by atoms with Crippen LogP contribution in [0.5, 0.6) is 11.5 Å². The predicted octanol–water partition coefficient (Wildman–Crippen LogP) is 2.42. The molecule has 1 aliphatic rings. The average Bonchev–Trinajstić information content (AvgIpc) is 2.60. The molecule has 0 saturated carbocycles. The lowest BCUT2D eigenvalue weighted by Crippen LogP contribution is -2.47. The summed E-state index contributed by atoms with van der Waals surface area (Å²) in [5, 5.41) is 9.29. The van der Waals surface area contributed by atoms with E-state index in [1.54, 1.807) is 31.4 Å². The van der Waals surface area contributed by atoms with Gasteiger partial charge in [0.25, 0.3) is 0 Å². The van der Waals surface area contributed by atoms with Crippen molar-refractivity contribution in [3.8, 4) is 11.5 Å². The summed E-state index contributed by atoms with van der Waals surface area (Å²) in [7, 11) is 1.56. The SMILES string of the molecule is COc1ccc(C)cc1CC(=O)N1C[C@H](C(=O)O)Oc2ccccc21. The molecule has 6 heteroatoms. The fourth-order valence-electron chi connectivity index (χ4n) is 2.90. The number of carboxylic acids is 1. The molecular weight excluding hydrogens is 322 g/mol. The van der Waals surface area contributed by atoms with E-state index in [1.165, 1.54) is 4.90 Å². The van der Waals surface area contributed by atoms with Gasteiger partial charge in [-0.2, -0.15) is 0 Å². The van der Waals surface area contributed by atoms with Crippen molar-refractivity contribution in [2.45, 2.75) is 19.4 Å². The molecule has 1 N–H and O–H groups in total. The molecule has 0 spiro atoms. The lowest BCUT2D eigenvalue weighted by molar-refractivity contribution is -0.145. The number of carboxylic acid groups (broad SMARTS) is 1. The molecular formula is C19H19NO5. The first-order chi connectivity index (χ1) is 12.0. The molecule has 3 rings (SSSR count). The van der Waals surface area contributed by atoms with Crippen molar-refractivity contribution in [1.29, 1.82) is 0 Å². The highest BCUT2D eigenvalue weighted by atomic mass is 16.5. The lowest BCUT2D eigenvalue weighted by Gasteiger charge is -2.33. The fraction of sp³-hybridized carbons (Fsp3) is 0.263. The number of aryl methyl sites for hydroxylation is 1. The fourth-order valence-corrected chi connectivity index (χ4v) is 2.90. The summed E-state index contributed by atoms with van der Waals surface area (Å²) in [4.78, 5) is 25.7. The summed E-state index contributed by atoms with van der Waals surface area (Å²) in [6, 6.07) is 12.6. The van der Waals surface area contributed by atoms with Crippen LogP contribution in [0.25, 0.3) is 0 Å². The molecule has 25 heavy (non-hydrogen) atoms. The van der Waals surface area contributed by atoms with Crippen LogP contribution in [0, 0.1) is 6.92 Å². The number of rotatable bonds is 4. The maximum atomic E-state index is 12.9. The standard InChI is InChI=1S/C19H19NO5/c1-12-7-8-15(24-2)13(9-12)10-18(21)20-11-17(19(22)23)25-16-6-4-3-5-14(16)20/h3-9,17H,10-11H2,1-2H3,(H,22,23)/t17-/m1/s1. The van der Waals surface area contributed by atoms with Crippen LogP contribution in [0.2, 0.25) is 0 Å². The number of amides is 1. The van der Waals surface area contributed by atoms with Gasteiger partial charge >= 0.3 is 5.97 Å². The Kier molecular flexibility index (Phi) is 4.61. The monoisotopic (exact) mass is 341 g/mol. The van der Waals surface area contributed by atoms with Crippen molar-refractivity contribution in [1.82, 2.24) is 0 Å². The van der Waals surface area contributed by atoms with Crippen LogP contribution >= 0.6 is 0 Å². The van der Waals surface area contributed by atoms with Crippen molar-refractivity contribution in [3.05, 3.63) is 53.6 Å². The normalized spacial score (nSPS) is 15.9. The number of carbonyl (C=O) groups is 2. The predicted molar refractivity (Wildman–Crippen MR) is 92.3 cm³/mol. The summed E-state index contributed by atoms with van der Waals surface area (Å²) in [6.07, 6.45) is -0.968. The number of hydrogen-bond donors (Lipinski definition) is 1. The second kappa shape index (κ2) is 6.84. The highest BCUT2D eigenvalue weighted by molar-refractivity contribution is 5.98. The minimum absolute atomic E-state index is 0.0285. The molecule has 1 amide bonds. The van der Waals surface area contributed by atoms with Gasteiger partial charge < -0.3 is 19.5 Å². The molecule has 0 aromatic heterocycles. The van der Waals surface area contributed by atoms with E-state index in [0.29, 0.717) is 17.2 Å². The topological polar surface area (TPSA) is 76.1 Å². The van der Waals surface area contributed by atoms with Gasteiger partial charge in [0.15, 0.2) is 0 Å². The Bertz CT molecular complexity index is 817. The molecule has 2 aromatic carbocycles. The Morgan fingerprint density at radius 3 is 2.76 bits per heavy atom. The summed E-state index contributed by atoms with van der Waals surface area (Å²) < 4.78 is 10.8. The van der Waals surface area contributed by atoms with Gasteiger partial charge in [0, 0.05) is 5.56 Å². The number of carbonyl (C=O) groups excluding carboxylic acids is 1. The number of ether oxygens (including phenoxy) is 2. The van der Waals surface area contributed by atoms with Crippen molar-refractivity contribution in [3.63, 3.8) is 0 Å². The number of anilines is 1. The number of aliphatic carboxylic acids is 1. The van der Waals surface area contributed by atoms with E-state index in [0.717, 1.165) is 11.1 Å². The van der Waals surface area contributed by atoms with Crippen molar-refractivity contribution in [2.75, 3.05) is 18.6 Å². The molecule has 0 radical (unpaired) electrons. The van der Waals surface area contributed by atoms with E-state index in [4.69, 9.17) is 9.47 Å². The highest BCUT2D eigenvalue weighted by Gasteiger charge is 2.33. The Balaban J connectivity index is 1.91. The van der Waals surface area contributed by atoms with Crippen LogP contribution in [-0.2, 0) is 16.0 Å². The number of methoxy groups -OCH3 is 1. The first kappa shape index (κ1) is 16.8. The maximum Gasteiger partial charge on any atom is 0.346 e. The van der Waals surface area contributed by atoms with Gasteiger partial charge in [-0.1, -0.05) is 29.8 Å². The Hall–Kier alpha value is -3.02. The van der Waals surface area contributed by atoms with E-state index in [-0.39, 0.29) is 18.9 Å². The Labute approximate surface area is 145 Å². The van der Waals surface area contributed by atoms with Crippen molar-refractivity contribution in [2.24, 2.45) is 0 Å². The molecule has 6 nitrogen and oxygen atoms in total. The molecule has 0 fully saturated rings. The van der Waals surface area contributed by atoms with Gasteiger partial charge in [0.1, 0.15) is 11.5 Å². The second-order valence-electron chi connectivity index (χ2n) is 5.91. The van der Waals surface area contributed by atoms with Crippen molar-refractivity contribution < 1.29 is 24.2 Å². The molecule has 130 valence electrons. The van der Waals surface area contributed by atoms with Crippen LogP contribution in [0.4, 0.5) is 5.69 Å². The van der Waals surface area contributed by atoms with Gasteiger partial charge in [-0.05, 0) is 25.1 Å². The summed E-state index contributed by atoms with van der Waals surface area (Å²) >= 11 is 0. The largest absolute Gasteiger partial charge is 0.496 e. The smallest absolute Gasteiger partial charge is 0.346 e. The molecule has 0 unspecified atom stereocenters. The molecule has 1 heterocycles. The third kappa shape index (κ3) is 3.42. The van der Waals surface area contributed by atoms with Crippen LogP contribution in [-0.4, -0.2) is 36.7 Å². The van der Waals surface area contributed by atoms with E-state index in [2.05, 4.69) is 0 Å². The van der Waals surface area contributed by atoms with Gasteiger partial charge in [0.2, 0.25) is 12.0 Å². The first-order valence-electron chi connectivity index (χ1n) is 7.92. The first-order valence-corrected chi connectivity index (χ1v) is 7.92. The van der Waals surface area contributed by atoms with E-state index in [9.17, 15) is 14.7 Å². The van der Waals surface area contributed by atoms with E-state index < -0.39 is 12.1 Å². The van der Waals surface area contributed by atoms with Crippen LogP contribution < -0.4 is 14.4 Å². The number of hydrogen-bond acceptors (Lipinski definition) is 4. The molecule has 0 bridgehead atoms. The van der Waals surface area contributed by atoms with Gasteiger partial charge in [-0.15, -0.1) is 0 Å². The quantitative estimate of drug-likeness (QED) is 0.924. The zero-order valence-electron chi connectivity index (χ0n) is 14.1. The number of fused-ring (bicyclic) bond motifs is 1. The van der Waals surface area contributed by atoms with Gasteiger partial charge in [-0.3, -0.25) is 4.79 Å². The Morgan fingerprint density at radius 1 is 1.28 bits per heavy atom. The Morgan fingerprint density at radius 2 is 2.04 bits per heavy atom. The zero-order valence-corrected chi connectivity index (χ0v) is 14.1. The van der Waals surface area contributed by atoms with Crippen LogP contribution in [0.1, 0.15) is 11.1 Å². The molecule has 1 atom stereocenters. The highest BCUT2D eigenvalue weighted by Crippen LogP contribution is 2.34. The number of para-hydroxylation sites is 2. The lowest BCUT2D eigenvalue weighted by atomic mass is 10.1. The van der Waals surface area contributed by atoms with E-state index in [1.807, 2.05) is 25.1 Å². The summed E-state index contributed by atoms with van der Waals surface area (Å²) in [5.41, 5.74) is 2.37. The van der Waals surface area contributed by atoms with Gasteiger partial charge in [0.05, 0.1) is 25.8 Å². The van der Waals surface area contributed by atoms with Crippen LogP contribution in [0.3, 0.4) is 0 Å². The molecule has 0 saturated heterocycles. The number of nitrogens with zero attached hydrogens (tertiary/aromatic N) is 1. The van der Waals surface area contributed by atoms with E-state index >= 15 is 0 Å². The maximum absolute atomic E-state index is 12.9. The third-order valence-electron chi connectivity index (χ3n) is 4.13. The molecule has 2 aromatic rings. The summed E-state index contributed by atoms with van der Waals surface area (Å²) in [5.74, 6) is -0.271. The minimum atomic E-state index is -1.10. The van der Waals surface area contributed by atoms with Gasteiger partial charge in [-0.25, -0.2) is 4.79 Å².